The highest BCUT2D eigenvalue weighted by Crippen LogP contribution is 2.20. The first-order valence-electron chi connectivity index (χ1n) is 8.61. The number of anilines is 3. The van der Waals surface area contributed by atoms with Crippen molar-refractivity contribution in [1.82, 2.24) is 9.97 Å². The van der Waals surface area contributed by atoms with Crippen molar-refractivity contribution in [2.24, 2.45) is 0 Å². The molecule has 0 fully saturated rings. The Balaban J connectivity index is 1.87. The van der Waals surface area contributed by atoms with Crippen LogP contribution in [0.5, 0.6) is 0 Å². The highest BCUT2D eigenvalue weighted by Gasteiger charge is 2.13. The zero-order valence-corrected chi connectivity index (χ0v) is 15.2. The number of nitrogens with zero attached hydrogens (tertiary/aromatic N) is 3. The third-order valence-electron chi connectivity index (χ3n) is 4.03. The number of hydrogen-bond acceptors (Lipinski definition) is 5. The lowest BCUT2D eigenvalue weighted by Crippen LogP contribution is -2.16. The van der Waals surface area contributed by atoms with E-state index in [0.717, 1.165) is 17.7 Å². The highest BCUT2D eigenvalue weighted by molar-refractivity contribution is 6.03. The molecular weight excluding hydrogens is 338 g/mol. The van der Waals surface area contributed by atoms with E-state index >= 15 is 0 Å². The Hall–Kier alpha value is -3.72. The average molecular weight is 357 g/mol. The fraction of sp³-hybridized carbons (Fsp3) is 0.143. The molecule has 3 aromatic rings. The maximum Gasteiger partial charge on any atom is 0.274 e. The minimum atomic E-state index is -0.393. The second-order valence-corrected chi connectivity index (χ2v) is 5.97. The second kappa shape index (κ2) is 8.11. The summed E-state index contributed by atoms with van der Waals surface area (Å²) in [5.41, 5.74) is 3.79. The second-order valence-electron chi connectivity index (χ2n) is 5.97. The number of aromatic nitrogens is 2. The minimum Gasteiger partial charge on any atom is -0.324 e. The molecule has 6 nitrogen and oxygen atoms in total. The van der Waals surface area contributed by atoms with Crippen LogP contribution in [0.15, 0.2) is 54.6 Å². The van der Waals surface area contributed by atoms with Crippen molar-refractivity contribution in [3.63, 3.8) is 0 Å². The molecule has 0 saturated carbocycles. The van der Waals surface area contributed by atoms with E-state index in [4.69, 9.17) is 5.26 Å². The highest BCUT2D eigenvalue weighted by atomic mass is 16.1. The third-order valence-corrected chi connectivity index (χ3v) is 4.03. The van der Waals surface area contributed by atoms with Crippen molar-refractivity contribution in [1.29, 1.82) is 5.26 Å². The molecule has 0 aliphatic rings. The van der Waals surface area contributed by atoms with Crippen molar-refractivity contribution in [3.05, 3.63) is 77.1 Å². The molecule has 0 saturated heterocycles. The van der Waals surface area contributed by atoms with Crippen molar-refractivity contribution < 1.29 is 4.79 Å². The van der Waals surface area contributed by atoms with Gasteiger partial charge in [0.2, 0.25) is 5.95 Å². The molecule has 3 rings (SSSR count). The summed E-state index contributed by atoms with van der Waals surface area (Å²) < 4.78 is 0. The zero-order chi connectivity index (χ0) is 19.2. The molecule has 1 heterocycles. The summed E-state index contributed by atoms with van der Waals surface area (Å²) in [7, 11) is 0. The number of carbonyl (C=O) groups is 1. The summed E-state index contributed by atoms with van der Waals surface area (Å²) in [6, 6.07) is 18.4. The van der Waals surface area contributed by atoms with Gasteiger partial charge in [0, 0.05) is 11.4 Å². The summed E-state index contributed by atoms with van der Waals surface area (Å²) in [5, 5.41) is 15.1. The Kier molecular flexibility index (Phi) is 5.43. The monoisotopic (exact) mass is 357 g/mol. The number of nitrogens with one attached hydrogen (secondary N) is 2. The van der Waals surface area contributed by atoms with Crippen LogP contribution in [0.25, 0.3) is 0 Å². The molecule has 0 unspecified atom stereocenters. The topological polar surface area (TPSA) is 90.7 Å². The van der Waals surface area contributed by atoms with Crippen LogP contribution in [0.2, 0.25) is 0 Å². The summed E-state index contributed by atoms with van der Waals surface area (Å²) in [5.74, 6) is -0.0374. The predicted octanol–water partition coefficient (Wildman–Crippen LogP) is 4.22. The van der Waals surface area contributed by atoms with Crippen molar-refractivity contribution >= 4 is 23.2 Å². The van der Waals surface area contributed by atoms with Gasteiger partial charge in [0.25, 0.3) is 5.91 Å². The fourth-order valence-corrected chi connectivity index (χ4v) is 2.69. The standard InChI is InChI=1S/C21H19N5O/c1-3-15-8-4-6-10-17(15)25-21-23-14(2)12-19(26-21)20(27)24-18-11-7-5-9-16(18)13-22/h4-12H,3H2,1-2H3,(H,24,27)(H,23,25,26). The van der Waals surface area contributed by atoms with Gasteiger partial charge in [0.05, 0.1) is 11.3 Å². The summed E-state index contributed by atoms with van der Waals surface area (Å²) in [6.45, 7) is 3.88. The fourth-order valence-electron chi connectivity index (χ4n) is 2.69. The summed E-state index contributed by atoms with van der Waals surface area (Å²) >= 11 is 0. The SMILES string of the molecule is CCc1ccccc1Nc1nc(C)cc(C(=O)Nc2ccccc2C#N)n1. The molecule has 134 valence electrons. The lowest BCUT2D eigenvalue weighted by atomic mass is 10.1. The van der Waals surface area contributed by atoms with Gasteiger partial charge < -0.3 is 10.6 Å². The van der Waals surface area contributed by atoms with Gasteiger partial charge >= 0.3 is 0 Å². The number of amides is 1. The molecule has 1 amide bonds. The molecule has 0 spiro atoms. The number of benzene rings is 2. The van der Waals surface area contributed by atoms with Crippen LogP contribution < -0.4 is 10.6 Å². The van der Waals surface area contributed by atoms with Gasteiger partial charge in [-0.1, -0.05) is 37.3 Å². The number of aryl methyl sites for hydroxylation is 2. The van der Waals surface area contributed by atoms with Crippen LogP contribution in [0.3, 0.4) is 0 Å². The average Bonchev–Trinajstić information content (AvgIpc) is 2.68. The Morgan fingerprint density at radius 3 is 2.52 bits per heavy atom. The smallest absolute Gasteiger partial charge is 0.274 e. The number of para-hydroxylation sites is 2. The number of nitriles is 1. The Morgan fingerprint density at radius 2 is 1.78 bits per heavy atom. The summed E-state index contributed by atoms with van der Waals surface area (Å²) in [6.07, 6.45) is 0.868. The first kappa shape index (κ1) is 18.1. The van der Waals surface area contributed by atoms with Gasteiger partial charge in [-0.2, -0.15) is 5.26 Å². The Labute approximate surface area is 157 Å². The van der Waals surface area contributed by atoms with Crippen molar-refractivity contribution in [3.8, 4) is 6.07 Å². The quantitative estimate of drug-likeness (QED) is 0.713. The number of carbonyl (C=O) groups excluding carboxylic acids is 1. The molecule has 0 bridgehead atoms. The Bertz CT molecular complexity index is 1020. The lowest BCUT2D eigenvalue weighted by Gasteiger charge is -2.11. The molecule has 0 radical (unpaired) electrons. The molecule has 0 atom stereocenters. The maximum atomic E-state index is 12.6. The van der Waals surface area contributed by atoms with Gasteiger partial charge in [-0.3, -0.25) is 4.79 Å². The molecule has 0 aliphatic heterocycles. The van der Waals surface area contributed by atoms with Crippen LogP contribution in [-0.2, 0) is 6.42 Å². The third kappa shape index (κ3) is 4.28. The number of hydrogen-bond donors (Lipinski definition) is 2. The van der Waals surface area contributed by atoms with Gasteiger partial charge in [0.15, 0.2) is 0 Å². The molecule has 2 N–H and O–H groups in total. The largest absolute Gasteiger partial charge is 0.324 e. The normalized spacial score (nSPS) is 10.1. The van der Waals surface area contributed by atoms with Crippen LogP contribution in [0.4, 0.5) is 17.3 Å². The van der Waals surface area contributed by atoms with E-state index in [9.17, 15) is 4.79 Å². The van der Waals surface area contributed by atoms with Gasteiger partial charge in [-0.05, 0) is 43.2 Å². The predicted molar refractivity (Wildman–Crippen MR) is 105 cm³/mol. The molecule has 0 aliphatic carbocycles. The van der Waals surface area contributed by atoms with E-state index in [1.807, 2.05) is 24.3 Å². The number of rotatable bonds is 5. The van der Waals surface area contributed by atoms with Crippen LogP contribution in [-0.4, -0.2) is 15.9 Å². The molecule has 6 heteroatoms. The van der Waals surface area contributed by atoms with E-state index in [2.05, 4.69) is 33.6 Å². The minimum absolute atomic E-state index is 0.228. The Morgan fingerprint density at radius 1 is 1.07 bits per heavy atom. The van der Waals surface area contributed by atoms with Crippen molar-refractivity contribution in [2.75, 3.05) is 10.6 Å². The van der Waals surface area contributed by atoms with E-state index in [1.165, 1.54) is 0 Å². The zero-order valence-electron chi connectivity index (χ0n) is 15.2. The first-order chi connectivity index (χ1) is 13.1. The first-order valence-corrected chi connectivity index (χ1v) is 8.61. The van der Waals surface area contributed by atoms with Gasteiger partial charge in [0.1, 0.15) is 11.8 Å². The molecular formula is C21H19N5O. The van der Waals surface area contributed by atoms with Crippen LogP contribution >= 0.6 is 0 Å². The molecule has 1 aromatic heterocycles. The van der Waals surface area contributed by atoms with E-state index in [-0.39, 0.29) is 5.69 Å². The molecule has 27 heavy (non-hydrogen) atoms. The molecule has 2 aromatic carbocycles. The van der Waals surface area contributed by atoms with Crippen LogP contribution in [0, 0.1) is 18.3 Å². The van der Waals surface area contributed by atoms with E-state index in [1.54, 1.807) is 37.3 Å². The van der Waals surface area contributed by atoms with Crippen molar-refractivity contribution in [2.45, 2.75) is 20.3 Å². The van der Waals surface area contributed by atoms with Gasteiger partial charge in [-0.25, -0.2) is 9.97 Å². The van der Waals surface area contributed by atoms with Gasteiger partial charge in [-0.15, -0.1) is 0 Å². The summed E-state index contributed by atoms with van der Waals surface area (Å²) in [4.78, 5) is 21.3. The lowest BCUT2D eigenvalue weighted by molar-refractivity contribution is 0.102. The maximum absolute atomic E-state index is 12.6. The van der Waals surface area contributed by atoms with E-state index in [0.29, 0.717) is 22.9 Å². The van der Waals surface area contributed by atoms with E-state index < -0.39 is 5.91 Å². The van der Waals surface area contributed by atoms with Crippen LogP contribution in [0.1, 0.15) is 34.2 Å².